The summed E-state index contributed by atoms with van der Waals surface area (Å²) < 4.78 is 10.7. The van der Waals surface area contributed by atoms with E-state index in [0.29, 0.717) is 6.42 Å². The van der Waals surface area contributed by atoms with E-state index in [2.05, 4.69) is 0 Å². The zero-order valence-corrected chi connectivity index (χ0v) is 11.3. The molecule has 0 saturated heterocycles. The van der Waals surface area contributed by atoms with Crippen LogP contribution in [0.5, 0.6) is 0 Å². The number of aliphatic hydroxyl groups excluding tert-OH is 1. The summed E-state index contributed by atoms with van der Waals surface area (Å²) in [4.78, 5) is 10.9. The molecule has 5 nitrogen and oxygen atoms in total. The molecule has 5 heteroatoms. The van der Waals surface area contributed by atoms with Crippen LogP contribution in [0.25, 0.3) is 0 Å². The van der Waals surface area contributed by atoms with Crippen LogP contribution >= 0.6 is 0 Å². The quantitative estimate of drug-likeness (QED) is 0.784. The molecule has 0 heterocycles. The van der Waals surface area contributed by atoms with Gasteiger partial charge in [-0.1, -0.05) is 30.3 Å². The highest BCUT2D eigenvalue weighted by atomic mass is 16.6. The van der Waals surface area contributed by atoms with Gasteiger partial charge in [-0.15, -0.1) is 0 Å². The number of ether oxygens (including phenoxy) is 2. The Kier molecular flexibility index (Phi) is 5.79. The van der Waals surface area contributed by atoms with Gasteiger partial charge in [0.1, 0.15) is 11.7 Å². The third-order valence-corrected chi connectivity index (χ3v) is 2.81. The van der Waals surface area contributed by atoms with E-state index in [4.69, 9.17) is 20.3 Å². The van der Waals surface area contributed by atoms with Crippen molar-refractivity contribution in [1.82, 2.24) is 0 Å². The van der Waals surface area contributed by atoms with Crippen molar-refractivity contribution in [2.75, 3.05) is 13.2 Å². The molecular weight excluding hydrogens is 246 g/mol. The SMILES string of the molecule is CC(C)(OC(N)=O)C(Cc1ccccc1)OCCO. The number of hydrogen-bond donors (Lipinski definition) is 2. The van der Waals surface area contributed by atoms with Crippen molar-refractivity contribution in [2.24, 2.45) is 5.73 Å². The van der Waals surface area contributed by atoms with Gasteiger partial charge in [0.15, 0.2) is 0 Å². The third-order valence-electron chi connectivity index (χ3n) is 2.81. The van der Waals surface area contributed by atoms with E-state index in [1.807, 2.05) is 30.3 Å². The molecule has 0 aliphatic heterocycles. The van der Waals surface area contributed by atoms with E-state index in [1.165, 1.54) is 0 Å². The molecular formula is C14H21NO4. The van der Waals surface area contributed by atoms with Crippen molar-refractivity contribution in [2.45, 2.75) is 32.0 Å². The van der Waals surface area contributed by atoms with Gasteiger partial charge in [0.2, 0.25) is 0 Å². The number of benzene rings is 1. The number of carbonyl (C=O) groups excluding carboxylic acids is 1. The average Bonchev–Trinajstić information content (AvgIpc) is 2.34. The topological polar surface area (TPSA) is 81.8 Å². The molecule has 0 aromatic heterocycles. The number of nitrogens with two attached hydrogens (primary N) is 1. The van der Waals surface area contributed by atoms with E-state index in [0.717, 1.165) is 5.56 Å². The van der Waals surface area contributed by atoms with Crippen LogP contribution in [0.1, 0.15) is 19.4 Å². The minimum Gasteiger partial charge on any atom is -0.441 e. The van der Waals surface area contributed by atoms with Crippen molar-refractivity contribution in [3.63, 3.8) is 0 Å². The monoisotopic (exact) mass is 267 g/mol. The molecule has 0 aliphatic rings. The first-order valence-electron chi connectivity index (χ1n) is 6.20. The van der Waals surface area contributed by atoms with Crippen LogP contribution in [0, 0.1) is 0 Å². The van der Waals surface area contributed by atoms with Crippen LogP contribution in [-0.2, 0) is 15.9 Å². The fourth-order valence-corrected chi connectivity index (χ4v) is 1.85. The van der Waals surface area contributed by atoms with E-state index < -0.39 is 11.7 Å². The number of amides is 1. The lowest BCUT2D eigenvalue weighted by atomic mass is 9.94. The average molecular weight is 267 g/mol. The Labute approximate surface area is 113 Å². The lowest BCUT2D eigenvalue weighted by molar-refractivity contribution is -0.0959. The zero-order valence-electron chi connectivity index (χ0n) is 11.3. The molecule has 3 N–H and O–H groups in total. The van der Waals surface area contributed by atoms with E-state index in [1.54, 1.807) is 13.8 Å². The van der Waals surface area contributed by atoms with Crippen molar-refractivity contribution in [1.29, 1.82) is 0 Å². The predicted octanol–water partition coefficient (Wildman–Crippen LogP) is 1.48. The summed E-state index contributed by atoms with van der Waals surface area (Å²) in [6, 6.07) is 9.73. The molecule has 1 aromatic carbocycles. The van der Waals surface area contributed by atoms with Gasteiger partial charge in [0.25, 0.3) is 0 Å². The lowest BCUT2D eigenvalue weighted by Crippen LogP contribution is -2.45. The number of carbonyl (C=O) groups is 1. The minimum absolute atomic E-state index is 0.0854. The maximum Gasteiger partial charge on any atom is 0.405 e. The highest BCUT2D eigenvalue weighted by Gasteiger charge is 2.33. The summed E-state index contributed by atoms with van der Waals surface area (Å²) >= 11 is 0. The largest absolute Gasteiger partial charge is 0.441 e. The Balaban J connectivity index is 2.78. The molecule has 19 heavy (non-hydrogen) atoms. The molecule has 1 aromatic rings. The third kappa shape index (κ3) is 5.28. The summed E-state index contributed by atoms with van der Waals surface area (Å²) in [6.07, 6.45) is -0.647. The molecule has 1 rings (SSSR count). The Morgan fingerprint density at radius 1 is 1.37 bits per heavy atom. The first-order valence-corrected chi connectivity index (χ1v) is 6.20. The summed E-state index contributed by atoms with van der Waals surface area (Å²) in [6.45, 7) is 3.58. The maximum atomic E-state index is 10.9. The first kappa shape index (κ1) is 15.5. The summed E-state index contributed by atoms with van der Waals surface area (Å²) in [5, 5.41) is 8.87. The molecule has 0 spiro atoms. The second kappa shape index (κ2) is 7.11. The fraction of sp³-hybridized carbons (Fsp3) is 0.500. The lowest BCUT2D eigenvalue weighted by Gasteiger charge is -2.33. The number of hydrogen-bond acceptors (Lipinski definition) is 4. The van der Waals surface area contributed by atoms with Gasteiger partial charge in [0, 0.05) is 6.42 Å². The van der Waals surface area contributed by atoms with Gasteiger partial charge < -0.3 is 20.3 Å². The van der Waals surface area contributed by atoms with Gasteiger partial charge in [-0.3, -0.25) is 0 Å². The Bertz CT molecular complexity index is 392. The molecule has 0 aliphatic carbocycles. The highest BCUT2D eigenvalue weighted by molar-refractivity contribution is 5.65. The van der Waals surface area contributed by atoms with Gasteiger partial charge >= 0.3 is 6.09 Å². The van der Waals surface area contributed by atoms with Crippen molar-refractivity contribution in [3.05, 3.63) is 35.9 Å². The van der Waals surface area contributed by atoms with E-state index in [-0.39, 0.29) is 19.3 Å². The number of rotatable bonds is 7. The molecule has 1 amide bonds. The molecule has 1 unspecified atom stereocenters. The molecule has 0 saturated carbocycles. The van der Waals surface area contributed by atoms with Crippen LogP contribution in [0.4, 0.5) is 4.79 Å². The van der Waals surface area contributed by atoms with Gasteiger partial charge in [-0.05, 0) is 19.4 Å². The summed E-state index contributed by atoms with van der Waals surface area (Å²) in [5.41, 5.74) is 5.27. The van der Waals surface area contributed by atoms with Crippen LogP contribution in [-0.4, -0.2) is 36.1 Å². The molecule has 0 bridgehead atoms. The first-order chi connectivity index (χ1) is 8.95. The zero-order chi connectivity index (χ0) is 14.3. The smallest absolute Gasteiger partial charge is 0.405 e. The van der Waals surface area contributed by atoms with Crippen LogP contribution < -0.4 is 5.73 Å². The summed E-state index contributed by atoms with van der Waals surface area (Å²) in [7, 11) is 0. The number of primary amides is 1. The molecule has 0 fully saturated rings. The number of aliphatic hydroxyl groups is 1. The van der Waals surface area contributed by atoms with E-state index in [9.17, 15) is 4.79 Å². The summed E-state index contributed by atoms with van der Waals surface area (Å²) in [5.74, 6) is 0. The predicted molar refractivity (Wildman–Crippen MR) is 71.7 cm³/mol. The Morgan fingerprint density at radius 2 is 2.00 bits per heavy atom. The van der Waals surface area contributed by atoms with Crippen molar-refractivity contribution in [3.8, 4) is 0 Å². The van der Waals surface area contributed by atoms with Crippen LogP contribution in [0.3, 0.4) is 0 Å². The Hall–Kier alpha value is -1.59. The minimum atomic E-state index is -0.864. The molecule has 1 atom stereocenters. The maximum absolute atomic E-state index is 10.9. The second-order valence-electron chi connectivity index (χ2n) is 4.80. The molecule has 0 radical (unpaired) electrons. The Morgan fingerprint density at radius 3 is 2.53 bits per heavy atom. The van der Waals surface area contributed by atoms with Crippen LogP contribution in [0.2, 0.25) is 0 Å². The highest BCUT2D eigenvalue weighted by Crippen LogP contribution is 2.22. The van der Waals surface area contributed by atoms with Crippen molar-refractivity contribution >= 4 is 6.09 Å². The standard InChI is InChI=1S/C14H21NO4/c1-14(2,19-13(15)17)12(18-9-8-16)10-11-6-4-3-5-7-11/h3-7,12,16H,8-10H2,1-2H3,(H2,15,17). The van der Waals surface area contributed by atoms with E-state index >= 15 is 0 Å². The molecule has 106 valence electrons. The fourth-order valence-electron chi connectivity index (χ4n) is 1.85. The normalized spacial score (nSPS) is 13.0. The second-order valence-corrected chi connectivity index (χ2v) is 4.80. The van der Waals surface area contributed by atoms with Crippen molar-refractivity contribution < 1.29 is 19.4 Å². The van der Waals surface area contributed by atoms with Gasteiger partial charge in [-0.25, -0.2) is 4.79 Å². The van der Waals surface area contributed by atoms with Gasteiger partial charge in [-0.2, -0.15) is 0 Å². The van der Waals surface area contributed by atoms with Crippen LogP contribution in [0.15, 0.2) is 30.3 Å². The van der Waals surface area contributed by atoms with Gasteiger partial charge in [0.05, 0.1) is 13.2 Å².